The first kappa shape index (κ1) is 11.7. The first-order valence-corrected chi connectivity index (χ1v) is 5.68. The van der Waals surface area contributed by atoms with Crippen LogP contribution in [0.15, 0.2) is 18.2 Å². The van der Waals surface area contributed by atoms with E-state index in [1.54, 1.807) is 0 Å². The number of hydrogen-bond donors (Lipinski definition) is 1. The van der Waals surface area contributed by atoms with Gasteiger partial charge in [-0.25, -0.2) is 4.39 Å². The fraction of sp³-hybridized carbons (Fsp3) is 0.364. The van der Waals surface area contributed by atoms with E-state index in [0.717, 1.165) is 12.8 Å². The van der Waals surface area contributed by atoms with Crippen LogP contribution in [-0.2, 0) is 11.2 Å². The molecular formula is C11H10Cl2FNO. The first-order valence-electron chi connectivity index (χ1n) is 4.92. The number of benzene rings is 1. The minimum Gasteiger partial charge on any atom is -0.337 e. The lowest BCUT2D eigenvalue weighted by molar-refractivity contribution is -0.120. The lowest BCUT2D eigenvalue weighted by Gasteiger charge is -2.10. The van der Waals surface area contributed by atoms with E-state index < -0.39 is 10.8 Å². The van der Waals surface area contributed by atoms with Crippen LogP contribution in [0, 0.1) is 5.82 Å². The molecule has 16 heavy (non-hydrogen) atoms. The molecule has 5 heteroatoms. The van der Waals surface area contributed by atoms with Gasteiger partial charge in [0.1, 0.15) is 10.8 Å². The predicted molar refractivity (Wildman–Crippen MR) is 61.1 cm³/mol. The van der Waals surface area contributed by atoms with Crippen molar-refractivity contribution in [2.24, 2.45) is 0 Å². The Labute approximate surface area is 103 Å². The average Bonchev–Trinajstić information content (AvgIpc) is 2.88. The Kier molecular flexibility index (Phi) is 3.08. The number of rotatable bonds is 3. The summed E-state index contributed by atoms with van der Waals surface area (Å²) in [5.74, 6) is -0.605. The molecule has 1 aromatic carbocycles. The number of alkyl halides is 1. The van der Waals surface area contributed by atoms with E-state index in [4.69, 9.17) is 23.2 Å². The molecule has 1 saturated carbocycles. The van der Waals surface area contributed by atoms with E-state index in [1.165, 1.54) is 18.2 Å². The van der Waals surface area contributed by atoms with Gasteiger partial charge < -0.3 is 5.32 Å². The largest absolute Gasteiger partial charge is 0.337 e. The van der Waals surface area contributed by atoms with Crippen molar-refractivity contribution < 1.29 is 9.18 Å². The fourth-order valence-corrected chi connectivity index (χ4v) is 1.80. The van der Waals surface area contributed by atoms with Gasteiger partial charge >= 0.3 is 0 Å². The normalized spacial score (nSPS) is 16.9. The van der Waals surface area contributed by atoms with Crippen molar-refractivity contribution in [1.29, 1.82) is 0 Å². The van der Waals surface area contributed by atoms with Crippen molar-refractivity contribution in [1.82, 2.24) is 5.32 Å². The molecule has 1 aliphatic carbocycles. The van der Waals surface area contributed by atoms with E-state index in [2.05, 4.69) is 5.32 Å². The monoisotopic (exact) mass is 261 g/mol. The molecule has 0 atom stereocenters. The van der Waals surface area contributed by atoms with Crippen LogP contribution in [0.25, 0.3) is 0 Å². The van der Waals surface area contributed by atoms with Crippen LogP contribution >= 0.6 is 23.2 Å². The Bertz CT molecular complexity index is 432. The van der Waals surface area contributed by atoms with E-state index in [-0.39, 0.29) is 17.4 Å². The Morgan fingerprint density at radius 2 is 2.19 bits per heavy atom. The van der Waals surface area contributed by atoms with Gasteiger partial charge in [0.25, 0.3) is 0 Å². The summed E-state index contributed by atoms with van der Waals surface area (Å²) in [6.07, 6.45) is 1.70. The van der Waals surface area contributed by atoms with Gasteiger partial charge in [-0.1, -0.05) is 29.3 Å². The topological polar surface area (TPSA) is 29.1 Å². The quantitative estimate of drug-likeness (QED) is 0.658. The predicted octanol–water partition coefficient (Wildman–Crippen LogP) is 2.87. The fourth-order valence-electron chi connectivity index (χ4n) is 1.37. The van der Waals surface area contributed by atoms with Crippen LogP contribution in [0.4, 0.5) is 4.39 Å². The molecule has 1 amide bonds. The zero-order chi connectivity index (χ0) is 11.8. The summed E-state index contributed by atoms with van der Waals surface area (Å²) in [5.41, 5.74) is 0.599. The maximum Gasteiger partial charge on any atom is 0.225 e. The Hall–Kier alpha value is -0.800. The van der Waals surface area contributed by atoms with Gasteiger partial charge in [0.05, 0.1) is 6.42 Å². The molecule has 0 aromatic heterocycles. The molecule has 2 rings (SSSR count). The maximum atomic E-state index is 12.8. The molecule has 86 valence electrons. The number of carbonyl (C=O) groups is 1. The van der Waals surface area contributed by atoms with Crippen LogP contribution in [0.5, 0.6) is 0 Å². The highest BCUT2D eigenvalue weighted by Crippen LogP contribution is 2.39. The molecule has 0 heterocycles. The van der Waals surface area contributed by atoms with Crippen LogP contribution in [0.3, 0.4) is 0 Å². The van der Waals surface area contributed by atoms with Crippen LogP contribution in [0.1, 0.15) is 18.4 Å². The summed E-state index contributed by atoms with van der Waals surface area (Å²) >= 11 is 11.8. The highest BCUT2D eigenvalue weighted by atomic mass is 35.5. The second-order valence-corrected chi connectivity index (χ2v) is 5.06. The van der Waals surface area contributed by atoms with Gasteiger partial charge in [0.15, 0.2) is 0 Å². The summed E-state index contributed by atoms with van der Waals surface area (Å²) < 4.78 is 12.8. The Morgan fingerprint density at radius 1 is 1.50 bits per heavy atom. The molecule has 0 unspecified atom stereocenters. The van der Waals surface area contributed by atoms with Gasteiger partial charge in [0, 0.05) is 5.02 Å². The Balaban J connectivity index is 2.00. The molecular weight excluding hydrogens is 252 g/mol. The molecule has 1 N–H and O–H groups in total. The average molecular weight is 262 g/mol. The third-order valence-electron chi connectivity index (χ3n) is 2.42. The second kappa shape index (κ2) is 4.22. The van der Waals surface area contributed by atoms with Crippen molar-refractivity contribution in [3.8, 4) is 0 Å². The number of nitrogens with one attached hydrogen (secondary N) is 1. The summed E-state index contributed by atoms with van der Waals surface area (Å²) in [4.78, 5) is 11.0. The zero-order valence-corrected chi connectivity index (χ0v) is 9.91. The van der Waals surface area contributed by atoms with Gasteiger partial charge in [-0.15, -0.1) is 0 Å². The molecule has 1 aliphatic rings. The van der Waals surface area contributed by atoms with E-state index in [1.807, 2.05) is 0 Å². The van der Waals surface area contributed by atoms with Gasteiger partial charge in [0.2, 0.25) is 5.91 Å². The van der Waals surface area contributed by atoms with Crippen molar-refractivity contribution in [2.75, 3.05) is 0 Å². The molecule has 0 radical (unpaired) electrons. The van der Waals surface area contributed by atoms with Crippen molar-refractivity contribution in [3.63, 3.8) is 0 Å². The van der Waals surface area contributed by atoms with Crippen molar-refractivity contribution >= 4 is 29.1 Å². The van der Waals surface area contributed by atoms with Gasteiger partial charge in [-0.05, 0) is 30.5 Å². The van der Waals surface area contributed by atoms with Gasteiger partial charge in [-0.2, -0.15) is 0 Å². The van der Waals surface area contributed by atoms with E-state index in [0.29, 0.717) is 5.56 Å². The second-order valence-electron chi connectivity index (χ2n) is 3.93. The summed E-state index contributed by atoms with van der Waals surface area (Å²) in [7, 11) is 0. The zero-order valence-electron chi connectivity index (χ0n) is 8.40. The van der Waals surface area contributed by atoms with Gasteiger partial charge in [-0.3, -0.25) is 4.79 Å². The molecule has 0 aliphatic heterocycles. The third kappa shape index (κ3) is 2.86. The summed E-state index contributed by atoms with van der Waals surface area (Å²) in [6, 6.07) is 3.98. The lowest BCUT2D eigenvalue weighted by atomic mass is 10.1. The van der Waals surface area contributed by atoms with E-state index >= 15 is 0 Å². The van der Waals surface area contributed by atoms with Crippen LogP contribution < -0.4 is 5.32 Å². The summed E-state index contributed by atoms with van der Waals surface area (Å²) in [5, 5.41) is 2.95. The number of halogens is 3. The van der Waals surface area contributed by atoms with Crippen molar-refractivity contribution in [3.05, 3.63) is 34.6 Å². The molecule has 0 spiro atoms. The molecule has 0 saturated heterocycles. The highest BCUT2D eigenvalue weighted by molar-refractivity contribution is 6.31. The molecule has 1 fully saturated rings. The molecule has 1 aromatic rings. The van der Waals surface area contributed by atoms with E-state index in [9.17, 15) is 9.18 Å². The minimum atomic E-state index is -0.552. The third-order valence-corrected chi connectivity index (χ3v) is 3.24. The SMILES string of the molecule is O=C(Cc1ccc(F)cc1Cl)NC1(Cl)CC1. The number of carbonyl (C=O) groups excluding carboxylic acids is 1. The van der Waals surface area contributed by atoms with Crippen molar-refractivity contribution in [2.45, 2.75) is 24.3 Å². The van der Waals surface area contributed by atoms with Crippen LogP contribution in [-0.4, -0.2) is 10.9 Å². The van der Waals surface area contributed by atoms with Crippen LogP contribution in [0.2, 0.25) is 5.02 Å². The highest BCUT2D eigenvalue weighted by Gasteiger charge is 2.41. The standard InChI is InChI=1S/C11H10Cl2FNO/c12-9-6-8(14)2-1-7(9)5-10(16)15-11(13)3-4-11/h1-2,6H,3-5H2,(H,15,16). The molecule has 0 bridgehead atoms. The first-order chi connectivity index (χ1) is 7.48. The Morgan fingerprint density at radius 3 is 2.75 bits per heavy atom. The number of amides is 1. The number of hydrogen-bond acceptors (Lipinski definition) is 1. The minimum absolute atomic E-state index is 0.119. The molecule has 2 nitrogen and oxygen atoms in total. The smallest absolute Gasteiger partial charge is 0.225 e. The summed E-state index contributed by atoms with van der Waals surface area (Å²) in [6.45, 7) is 0. The lowest BCUT2D eigenvalue weighted by Crippen LogP contribution is -2.33. The maximum absolute atomic E-state index is 12.8.